The Morgan fingerprint density at radius 3 is 2.52 bits per heavy atom. The molecule has 1 heterocycles. The summed E-state index contributed by atoms with van der Waals surface area (Å²) in [4.78, 5) is 27.4. The second kappa shape index (κ2) is 7.80. The number of fused-ring (bicyclic) bond motifs is 1. The number of aromatic carboxylic acids is 1. The van der Waals surface area contributed by atoms with Crippen LogP contribution in [-0.2, 0) is 4.79 Å². The van der Waals surface area contributed by atoms with Gasteiger partial charge in [-0.1, -0.05) is 18.2 Å². The number of anilines is 2. The minimum atomic E-state index is -1.06. The normalized spacial score (nSPS) is 10.9. The number of nitrogens with one attached hydrogen (secondary N) is 2. The monoisotopic (exact) mass is 358 g/mol. The molecule has 0 unspecified atom stereocenters. The minimum Gasteiger partial charge on any atom is -0.478 e. The molecule has 132 valence electrons. The van der Waals surface area contributed by atoms with E-state index in [1.54, 1.807) is 12.3 Å². The van der Waals surface area contributed by atoms with Gasteiger partial charge < -0.3 is 15.7 Å². The zero-order valence-corrected chi connectivity index (χ0v) is 14.0. The van der Waals surface area contributed by atoms with Crippen LogP contribution in [0.15, 0.2) is 72.6 Å². The first kappa shape index (κ1) is 17.6. The highest BCUT2D eigenvalue weighted by Crippen LogP contribution is 2.21. The summed E-state index contributed by atoms with van der Waals surface area (Å²) in [5.74, 6) is -1.67. The van der Waals surface area contributed by atoms with Gasteiger partial charge in [-0.15, -0.1) is 0 Å². The fourth-order valence-corrected chi connectivity index (χ4v) is 2.41. The lowest BCUT2D eigenvalue weighted by Gasteiger charge is -2.07. The van der Waals surface area contributed by atoms with Crippen molar-refractivity contribution in [2.24, 2.45) is 0 Å². The molecule has 3 aromatic rings. The molecule has 27 heavy (non-hydrogen) atoms. The van der Waals surface area contributed by atoms with Crippen molar-refractivity contribution in [3.05, 3.63) is 78.1 Å². The number of nitrogens with zero attached hydrogens (tertiary/aromatic N) is 2. The van der Waals surface area contributed by atoms with Crippen molar-refractivity contribution in [1.29, 1.82) is 5.26 Å². The highest BCUT2D eigenvalue weighted by Gasteiger charge is 2.10. The third-order valence-corrected chi connectivity index (χ3v) is 3.76. The van der Waals surface area contributed by atoms with Gasteiger partial charge in [-0.05, 0) is 36.4 Å². The van der Waals surface area contributed by atoms with Gasteiger partial charge in [-0.25, -0.2) is 4.79 Å². The number of carboxylic acid groups (broad SMARTS) is 1. The summed E-state index contributed by atoms with van der Waals surface area (Å²) in [6.45, 7) is 0. The van der Waals surface area contributed by atoms with Crippen LogP contribution in [0, 0.1) is 11.3 Å². The Morgan fingerprint density at radius 1 is 1.07 bits per heavy atom. The first-order chi connectivity index (χ1) is 13.1. The van der Waals surface area contributed by atoms with Crippen LogP contribution in [0.2, 0.25) is 0 Å². The third kappa shape index (κ3) is 4.08. The Kier molecular flexibility index (Phi) is 5.10. The summed E-state index contributed by atoms with van der Waals surface area (Å²) in [7, 11) is 0. The highest BCUT2D eigenvalue weighted by molar-refractivity contribution is 6.07. The van der Waals surface area contributed by atoms with Crippen LogP contribution in [0.4, 0.5) is 11.4 Å². The van der Waals surface area contributed by atoms with Crippen molar-refractivity contribution in [2.45, 2.75) is 0 Å². The van der Waals surface area contributed by atoms with Gasteiger partial charge in [0.05, 0.1) is 16.8 Å². The van der Waals surface area contributed by atoms with Gasteiger partial charge in [0.2, 0.25) is 0 Å². The molecule has 0 spiro atoms. The van der Waals surface area contributed by atoms with E-state index < -0.39 is 11.9 Å². The van der Waals surface area contributed by atoms with Crippen molar-refractivity contribution >= 4 is 34.2 Å². The van der Waals surface area contributed by atoms with E-state index in [0.717, 1.165) is 10.9 Å². The average molecular weight is 358 g/mol. The molecule has 0 atom stereocenters. The standard InChI is InChI=1S/C20H14N4O3/c21-11-15(19(25)24-16-8-6-14(7-9-16)20(26)27)12-23-17-5-1-3-13-4-2-10-22-18(13)17/h1-10,12,23H,(H,24,25)(H,26,27)/b15-12-. The Balaban J connectivity index is 1.76. The maximum Gasteiger partial charge on any atom is 0.335 e. The third-order valence-electron chi connectivity index (χ3n) is 3.76. The van der Waals surface area contributed by atoms with Crippen LogP contribution in [-0.4, -0.2) is 22.0 Å². The molecular weight excluding hydrogens is 344 g/mol. The van der Waals surface area contributed by atoms with E-state index in [4.69, 9.17) is 5.11 Å². The topological polar surface area (TPSA) is 115 Å². The van der Waals surface area contributed by atoms with Crippen molar-refractivity contribution in [2.75, 3.05) is 10.6 Å². The van der Waals surface area contributed by atoms with E-state index in [1.807, 2.05) is 30.3 Å². The van der Waals surface area contributed by atoms with Gasteiger partial charge in [0.25, 0.3) is 5.91 Å². The molecule has 2 aromatic carbocycles. The second-order valence-electron chi connectivity index (χ2n) is 5.53. The number of carbonyl (C=O) groups is 2. The van der Waals surface area contributed by atoms with Crippen LogP contribution >= 0.6 is 0 Å². The van der Waals surface area contributed by atoms with Gasteiger partial charge in [0.1, 0.15) is 11.6 Å². The zero-order valence-electron chi connectivity index (χ0n) is 14.0. The number of nitriles is 1. The van der Waals surface area contributed by atoms with Crippen LogP contribution in [0.1, 0.15) is 10.4 Å². The molecule has 7 nitrogen and oxygen atoms in total. The summed E-state index contributed by atoms with van der Waals surface area (Å²) < 4.78 is 0. The molecule has 0 saturated carbocycles. The number of amides is 1. The molecule has 3 rings (SSSR count). The number of hydrogen-bond donors (Lipinski definition) is 3. The molecule has 0 radical (unpaired) electrons. The molecule has 3 N–H and O–H groups in total. The maximum atomic E-state index is 12.3. The number of benzene rings is 2. The van der Waals surface area contributed by atoms with Crippen LogP contribution in [0.25, 0.3) is 10.9 Å². The first-order valence-electron chi connectivity index (χ1n) is 7.94. The average Bonchev–Trinajstić information content (AvgIpc) is 2.69. The Hall–Kier alpha value is -4.18. The number of rotatable bonds is 5. The predicted molar refractivity (Wildman–Crippen MR) is 101 cm³/mol. The van der Waals surface area contributed by atoms with E-state index in [-0.39, 0.29) is 11.1 Å². The molecule has 0 aliphatic heterocycles. The molecule has 1 amide bonds. The quantitative estimate of drug-likeness (QED) is 0.476. The van der Waals surface area contributed by atoms with Crippen molar-refractivity contribution < 1.29 is 14.7 Å². The fourth-order valence-electron chi connectivity index (χ4n) is 2.41. The van der Waals surface area contributed by atoms with E-state index in [1.165, 1.54) is 30.5 Å². The van der Waals surface area contributed by atoms with E-state index in [0.29, 0.717) is 11.4 Å². The maximum absolute atomic E-state index is 12.3. The van der Waals surface area contributed by atoms with Crippen LogP contribution < -0.4 is 10.6 Å². The molecule has 7 heteroatoms. The van der Waals surface area contributed by atoms with Gasteiger partial charge in [0.15, 0.2) is 0 Å². The summed E-state index contributed by atoms with van der Waals surface area (Å²) >= 11 is 0. The molecule has 0 saturated heterocycles. The SMILES string of the molecule is N#C/C(=C/Nc1cccc2cccnc12)C(=O)Nc1ccc(C(=O)O)cc1. The molecule has 1 aromatic heterocycles. The number of carboxylic acids is 1. The number of pyridine rings is 1. The summed E-state index contributed by atoms with van der Waals surface area (Å²) in [6.07, 6.45) is 2.97. The second-order valence-corrected chi connectivity index (χ2v) is 5.53. The molecule has 0 bridgehead atoms. The summed E-state index contributed by atoms with van der Waals surface area (Å²) in [5.41, 5.74) is 1.75. The number of hydrogen-bond acceptors (Lipinski definition) is 5. The lowest BCUT2D eigenvalue weighted by atomic mass is 10.2. The summed E-state index contributed by atoms with van der Waals surface area (Å²) in [6, 6.07) is 16.8. The van der Waals surface area contributed by atoms with Crippen LogP contribution in [0.5, 0.6) is 0 Å². The van der Waals surface area contributed by atoms with Gasteiger partial charge in [0, 0.05) is 23.5 Å². The largest absolute Gasteiger partial charge is 0.478 e. The van der Waals surface area contributed by atoms with E-state index >= 15 is 0 Å². The van der Waals surface area contributed by atoms with Crippen molar-refractivity contribution in [3.63, 3.8) is 0 Å². The fraction of sp³-hybridized carbons (Fsp3) is 0. The van der Waals surface area contributed by atoms with E-state index in [2.05, 4.69) is 15.6 Å². The molecule has 0 aliphatic carbocycles. The Morgan fingerprint density at radius 2 is 1.81 bits per heavy atom. The number of aromatic nitrogens is 1. The molecule has 0 aliphatic rings. The molecular formula is C20H14N4O3. The van der Waals surface area contributed by atoms with E-state index in [9.17, 15) is 14.9 Å². The lowest BCUT2D eigenvalue weighted by Crippen LogP contribution is -2.14. The highest BCUT2D eigenvalue weighted by atomic mass is 16.4. The Labute approximate surface area is 154 Å². The van der Waals surface area contributed by atoms with Crippen molar-refractivity contribution in [1.82, 2.24) is 4.98 Å². The predicted octanol–water partition coefficient (Wildman–Crippen LogP) is 3.39. The van der Waals surface area contributed by atoms with Gasteiger partial charge >= 0.3 is 5.97 Å². The molecule has 0 fully saturated rings. The smallest absolute Gasteiger partial charge is 0.335 e. The lowest BCUT2D eigenvalue weighted by molar-refractivity contribution is -0.112. The number of para-hydroxylation sites is 1. The minimum absolute atomic E-state index is 0.106. The first-order valence-corrected chi connectivity index (χ1v) is 7.94. The van der Waals surface area contributed by atoms with Gasteiger partial charge in [-0.3, -0.25) is 9.78 Å². The summed E-state index contributed by atoms with van der Waals surface area (Å²) in [5, 5.41) is 24.6. The van der Waals surface area contributed by atoms with Crippen molar-refractivity contribution in [3.8, 4) is 6.07 Å². The Bertz CT molecular complexity index is 1080. The number of carbonyl (C=O) groups excluding carboxylic acids is 1. The van der Waals surface area contributed by atoms with Crippen LogP contribution in [0.3, 0.4) is 0 Å². The van der Waals surface area contributed by atoms with Gasteiger partial charge in [-0.2, -0.15) is 5.26 Å². The zero-order chi connectivity index (χ0) is 19.2.